The van der Waals surface area contributed by atoms with Crippen molar-refractivity contribution in [2.45, 2.75) is 13.5 Å². The minimum absolute atomic E-state index is 0.00166. The molecule has 2 aromatic rings. The maximum absolute atomic E-state index is 11.9. The van der Waals surface area contributed by atoms with Gasteiger partial charge in [-0.05, 0) is 40.5 Å². The van der Waals surface area contributed by atoms with Gasteiger partial charge >= 0.3 is 0 Å². The Labute approximate surface area is 117 Å². The first-order valence-electron chi connectivity index (χ1n) is 5.58. The van der Waals surface area contributed by atoms with Crippen molar-refractivity contribution in [3.8, 4) is 0 Å². The molecule has 1 aromatic carbocycles. The first-order valence-corrected chi connectivity index (χ1v) is 6.37. The molecule has 0 radical (unpaired) electrons. The molecule has 98 valence electrons. The topological polar surface area (TPSA) is 65.1 Å². The molecule has 1 aromatic heterocycles. The SMILES string of the molecule is Cc1cccn(Cc2ccc(Br)c([N+](=O)[O-])c2)c1=O. The highest BCUT2D eigenvalue weighted by Crippen LogP contribution is 2.25. The van der Waals surface area contributed by atoms with Crippen LogP contribution in [0.4, 0.5) is 5.69 Å². The molecule has 1 heterocycles. The third-order valence-electron chi connectivity index (χ3n) is 2.77. The van der Waals surface area contributed by atoms with E-state index in [0.29, 0.717) is 22.1 Å². The van der Waals surface area contributed by atoms with E-state index in [9.17, 15) is 14.9 Å². The lowest BCUT2D eigenvalue weighted by Gasteiger charge is -2.07. The third-order valence-corrected chi connectivity index (χ3v) is 3.44. The number of pyridine rings is 1. The number of nitrogens with zero attached hydrogens (tertiary/aromatic N) is 2. The third kappa shape index (κ3) is 2.90. The highest BCUT2D eigenvalue weighted by atomic mass is 79.9. The van der Waals surface area contributed by atoms with Gasteiger partial charge in [0.25, 0.3) is 11.2 Å². The molecule has 0 fully saturated rings. The lowest BCUT2D eigenvalue weighted by Crippen LogP contribution is -2.21. The number of rotatable bonds is 3. The maximum Gasteiger partial charge on any atom is 0.283 e. The molecule has 0 N–H and O–H groups in total. The lowest BCUT2D eigenvalue weighted by atomic mass is 10.2. The Kier molecular flexibility index (Phi) is 3.80. The van der Waals surface area contributed by atoms with Crippen LogP contribution < -0.4 is 5.56 Å². The summed E-state index contributed by atoms with van der Waals surface area (Å²) < 4.78 is 1.96. The normalized spacial score (nSPS) is 10.4. The van der Waals surface area contributed by atoms with E-state index in [0.717, 1.165) is 0 Å². The number of halogens is 1. The molecule has 19 heavy (non-hydrogen) atoms. The fourth-order valence-electron chi connectivity index (χ4n) is 1.77. The quantitative estimate of drug-likeness (QED) is 0.644. The number of hydrogen-bond donors (Lipinski definition) is 0. The van der Waals surface area contributed by atoms with Crippen LogP contribution >= 0.6 is 15.9 Å². The smallest absolute Gasteiger partial charge is 0.283 e. The average Bonchev–Trinajstić information content (AvgIpc) is 2.37. The maximum atomic E-state index is 11.9. The van der Waals surface area contributed by atoms with Crippen LogP contribution in [-0.2, 0) is 6.54 Å². The molecule has 2 rings (SSSR count). The molecule has 0 aliphatic carbocycles. The highest BCUT2D eigenvalue weighted by Gasteiger charge is 2.12. The van der Waals surface area contributed by atoms with E-state index in [-0.39, 0.29) is 11.2 Å². The van der Waals surface area contributed by atoms with Crippen molar-refractivity contribution < 1.29 is 4.92 Å². The molecule has 0 unspecified atom stereocenters. The molecular formula is C13H11BrN2O3. The van der Waals surface area contributed by atoms with E-state index in [1.165, 1.54) is 10.6 Å². The second kappa shape index (κ2) is 5.36. The van der Waals surface area contributed by atoms with E-state index < -0.39 is 4.92 Å². The van der Waals surface area contributed by atoms with Crippen LogP contribution in [0.1, 0.15) is 11.1 Å². The Bertz CT molecular complexity index is 695. The van der Waals surface area contributed by atoms with Crippen molar-refractivity contribution in [1.29, 1.82) is 0 Å². The molecular weight excluding hydrogens is 312 g/mol. The molecule has 0 aliphatic heterocycles. The lowest BCUT2D eigenvalue weighted by molar-refractivity contribution is -0.385. The number of benzene rings is 1. The van der Waals surface area contributed by atoms with Crippen LogP contribution in [0.15, 0.2) is 45.8 Å². The van der Waals surface area contributed by atoms with Crippen LogP contribution in [0.3, 0.4) is 0 Å². The number of nitro groups is 1. The summed E-state index contributed by atoms with van der Waals surface area (Å²) in [6.45, 7) is 2.05. The van der Waals surface area contributed by atoms with Crippen LogP contribution in [0.25, 0.3) is 0 Å². The summed E-state index contributed by atoms with van der Waals surface area (Å²) in [4.78, 5) is 22.3. The highest BCUT2D eigenvalue weighted by molar-refractivity contribution is 9.10. The first kappa shape index (κ1) is 13.5. The van der Waals surface area contributed by atoms with Crippen LogP contribution in [0.5, 0.6) is 0 Å². The van der Waals surface area contributed by atoms with Gasteiger partial charge < -0.3 is 4.57 Å². The molecule has 0 spiro atoms. The Morgan fingerprint density at radius 3 is 2.79 bits per heavy atom. The predicted molar refractivity (Wildman–Crippen MR) is 75.3 cm³/mol. The summed E-state index contributed by atoms with van der Waals surface area (Å²) in [5.74, 6) is 0. The Balaban J connectivity index is 2.39. The van der Waals surface area contributed by atoms with Gasteiger partial charge in [-0.15, -0.1) is 0 Å². The van der Waals surface area contributed by atoms with Crippen molar-refractivity contribution in [2.75, 3.05) is 0 Å². The van der Waals surface area contributed by atoms with E-state index in [2.05, 4.69) is 15.9 Å². The van der Waals surface area contributed by atoms with E-state index in [4.69, 9.17) is 0 Å². The molecule has 0 atom stereocenters. The Morgan fingerprint density at radius 2 is 2.11 bits per heavy atom. The second-order valence-electron chi connectivity index (χ2n) is 4.17. The number of aryl methyl sites for hydroxylation is 1. The zero-order chi connectivity index (χ0) is 14.0. The average molecular weight is 323 g/mol. The first-order chi connectivity index (χ1) is 8.99. The van der Waals surface area contributed by atoms with E-state index in [1.807, 2.05) is 0 Å². The van der Waals surface area contributed by atoms with Crippen molar-refractivity contribution in [2.24, 2.45) is 0 Å². The van der Waals surface area contributed by atoms with Gasteiger partial charge in [0, 0.05) is 17.8 Å². The second-order valence-corrected chi connectivity index (χ2v) is 5.02. The molecule has 0 saturated heterocycles. The van der Waals surface area contributed by atoms with Crippen LogP contribution in [0.2, 0.25) is 0 Å². The summed E-state index contributed by atoms with van der Waals surface area (Å²) in [6, 6.07) is 8.37. The summed E-state index contributed by atoms with van der Waals surface area (Å²) >= 11 is 3.13. The van der Waals surface area contributed by atoms with Crippen molar-refractivity contribution in [3.63, 3.8) is 0 Å². The van der Waals surface area contributed by atoms with Gasteiger partial charge in [0.1, 0.15) is 0 Å². The Morgan fingerprint density at radius 1 is 1.37 bits per heavy atom. The molecule has 0 aliphatic rings. The van der Waals surface area contributed by atoms with Crippen molar-refractivity contribution in [1.82, 2.24) is 4.57 Å². The van der Waals surface area contributed by atoms with E-state index >= 15 is 0 Å². The fourth-order valence-corrected chi connectivity index (χ4v) is 2.17. The summed E-state index contributed by atoms with van der Waals surface area (Å²) in [7, 11) is 0. The minimum atomic E-state index is -0.452. The van der Waals surface area contributed by atoms with Crippen molar-refractivity contribution in [3.05, 3.63) is 72.6 Å². The fraction of sp³-hybridized carbons (Fsp3) is 0.154. The zero-order valence-electron chi connectivity index (χ0n) is 10.2. The van der Waals surface area contributed by atoms with Crippen molar-refractivity contribution >= 4 is 21.6 Å². The Hall–Kier alpha value is -1.95. The monoisotopic (exact) mass is 322 g/mol. The van der Waals surface area contributed by atoms with Gasteiger partial charge in [0.05, 0.1) is 15.9 Å². The molecule has 0 bridgehead atoms. The van der Waals surface area contributed by atoms with Crippen LogP contribution in [0, 0.1) is 17.0 Å². The van der Waals surface area contributed by atoms with Gasteiger partial charge in [-0.25, -0.2) is 0 Å². The molecule has 6 heteroatoms. The van der Waals surface area contributed by atoms with Gasteiger partial charge in [0.15, 0.2) is 0 Å². The van der Waals surface area contributed by atoms with Gasteiger partial charge in [-0.2, -0.15) is 0 Å². The summed E-state index contributed by atoms with van der Waals surface area (Å²) in [6.07, 6.45) is 1.67. The number of aromatic nitrogens is 1. The molecule has 0 saturated carbocycles. The zero-order valence-corrected chi connectivity index (χ0v) is 11.8. The van der Waals surface area contributed by atoms with Gasteiger partial charge in [-0.3, -0.25) is 14.9 Å². The van der Waals surface area contributed by atoms with E-state index in [1.54, 1.807) is 37.4 Å². The van der Waals surface area contributed by atoms with Gasteiger partial charge in [0.2, 0.25) is 0 Å². The largest absolute Gasteiger partial charge is 0.311 e. The number of nitro benzene ring substituents is 1. The number of hydrogen-bond acceptors (Lipinski definition) is 3. The summed E-state index contributed by atoms with van der Waals surface area (Å²) in [5.41, 5.74) is 1.27. The van der Waals surface area contributed by atoms with Gasteiger partial charge in [-0.1, -0.05) is 12.1 Å². The minimum Gasteiger partial charge on any atom is -0.311 e. The molecule has 5 nitrogen and oxygen atoms in total. The van der Waals surface area contributed by atoms with Crippen LogP contribution in [-0.4, -0.2) is 9.49 Å². The standard InChI is InChI=1S/C13H11BrN2O3/c1-9-3-2-6-15(13(9)17)8-10-4-5-11(14)12(7-10)16(18)19/h2-7H,8H2,1H3. The summed E-state index contributed by atoms with van der Waals surface area (Å²) in [5, 5.41) is 10.9. The predicted octanol–water partition coefficient (Wildman–Crippen LogP) is 2.88. The molecule has 0 amide bonds.